The van der Waals surface area contributed by atoms with Crippen molar-refractivity contribution < 1.29 is 9.53 Å². The molecule has 20 heavy (non-hydrogen) atoms. The third kappa shape index (κ3) is 2.19. The number of aromatic nitrogens is 2. The van der Waals surface area contributed by atoms with Gasteiger partial charge >= 0.3 is 0 Å². The summed E-state index contributed by atoms with van der Waals surface area (Å²) in [6.45, 7) is 6.54. The maximum atomic E-state index is 12.6. The van der Waals surface area contributed by atoms with E-state index >= 15 is 0 Å². The molecule has 2 atom stereocenters. The molecular weight excluding hydrogens is 254 g/mol. The number of amides is 1. The molecule has 1 unspecified atom stereocenters. The molecule has 1 fully saturated rings. The van der Waals surface area contributed by atoms with Crippen LogP contribution in [0.2, 0.25) is 0 Å². The van der Waals surface area contributed by atoms with Crippen LogP contribution in [-0.4, -0.2) is 33.2 Å². The van der Waals surface area contributed by atoms with E-state index in [1.54, 1.807) is 0 Å². The molecule has 1 amide bonds. The van der Waals surface area contributed by atoms with Crippen LogP contribution < -0.4 is 4.74 Å². The van der Waals surface area contributed by atoms with Gasteiger partial charge in [0.25, 0.3) is 0 Å². The molecule has 0 saturated heterocycles. The van der Waals surface area contributed by atoms with Crippen LogP contribution in [-0.2, 0) is 11.3 Å². The summed E-state index contributed by atoms with van der Waals surface area (Å²) in [6.07, 6.45) is 4.49. The second kappa shape index (κ2) is 5.11. The van der Waals surface area contributed by atoms with Gasteiger partial charge in [-0.05, 0) is 26.2 Å². The summed E-state index contributed by atoms with van der Waals surface area (Å²) in [5, 5.41) is 7.24. The summed E-state index contributed by atoms with van der Waals surface area (Å²) in [4.78, 5) is 14.6. The van der Waals surface area contributed by atoms with Crippen molar-refractivity contribution in [3.05, 3.63) is 11.3 Å². The first kappa shape index (κ1) is 13.5. The Balaban J connectivity index is 1.97. The minimum Gasteiger partial charge on any atom is -0.471 e. The molecule has 0 radical (unpaired) electrons. The summed E-state index contributed by atoms with van der Waals surface area (Å²) in [7, 11) is 0. The Morgan fingerprint density at radius 2 is 2.15 bits per heavy atom. The van der Waals surface area contributed by atoms with Crippen molar-refractivity contribution in [2.45, 2.75) is 65.1 Å². The predicted octanol–water partition coefficient (Wildman–Crippen LogP) is 2.41. The summed E-state index contributed by atoms with van der Waals surface area (Å²) in [5.41, 5.74) is 2.04. The number of carbonyl (C=O) groups excluding carboxylic acids is 1. The highest BCUT2D eigenvalue weighted by Gasteiger charge is 2.39. The smallest absolute Gasteiger partial charge is 0.238 e. The number of rotatable bonds is 1. The van der Waals surface area contributed by atoms with Crippen molar-refractivity contribution in [1.82, 2.24) is 15.1 Å². The minimum absolute atomic E-state index is 0.0198. The minimum atomic E-state index is 0.0198. The lowest BCUT2D eigenvalue weighted by atomic mass is 9.90. The van der Waals surface area contributed by atoms with Crippen molar-refractivity contribution in [3.8, 4) is 5.88 Å². The van der Waals surface area contributed by atoms with Gasteiger partial charge in [-0.3, -0.25) is 9.89 Å². The molecule has 1 saturated carbocycles. The van der Waals surface area contributed by atoms with E-state index in [0.29, 0.717) is 12.4 Å². The van der Waals surface area contributed by atoms with Crippen molar-refractivity contribution in [2.24, 2.45) is 5.92 Å². The van der Waals surface area contributed by atoms with Crippen LogP contribution in [0.1, 0.15) is 50.8 Å². The third-order valence-electron chi connectivity index (χ3n) is 4.47. The lowest BCUT2D eigenvalue weighted by Gasteiger charge is -2.38. The van der Waals surface area contributed by atoms with Gasteiger partial charge in [-0.15, -0.1) is 5.10 Å². The second-order valence-corrected chi connectivity index (χ2v) is 6.26. The van der Waals surface area contributed by atoms with Crippen molar-refractivity contribution in [2.75, 3.05) is 0 Å². The van der Waals surface area contributed by atoms with Gasteiger partial charge in [0.05, 0.1) is 18.2 Å². The van der Waals surface area contributed by atoms with Crippen LogP contribution >= 0.6 is 0 Å². The van der Waals surface area contributed by atoms with Crippen molar-refractivity contribution in [1.29, 1.82) is 0 Å². The quantitative estimate of drug-likeness (QED) is 0.857. The van der Waals surface area contributed by atoms with Gasteiger partial charge in [-0.2, -0.15) is 0 Å². The molecule has 3 rings (SSSR count). The maximum absolute atomic E-state index is 12.6. The van der Waals surface area contributed by atoms with Gasteiger partial charge in [0.15, 0.2) is 0 Å². The Bertz CT molecular complexity index is 509. The fourth-order valence-corrected chi connectivity index (χ4v) is 3.29. The second-order valence-electron chi connectivity index (χ2n) is 6.26. The molecule has 1 N–H and O–H groups in total. The zero-order valence-corrected chi connectivity index (χ0v) is 12.5. The predicted molar refractivity (Wildman–Crippen MR) is 75.4 cm³/mol. The molecule has 0 aromatic carbocycles. The summed E-state index contributed by atoms with van der Waals surface area (Å²) < 4.78 is 6.11. The zero-order valence-electron chi connectivity index (χ0n) is 12.5. The van der Waals surface area contributed by atoms with E-state index < -0.39 is 0 Å². The van der Waals surface area contributed by atoms with Crippen LogP contribution in [0.5, 0.6) is 5.88 Å². The van der Waals surface area contributed by atoms with Gasteiger partial charge in [-0.25, -0.2) is 0 Å². The topological polar surface area (TPSA) is 58.2 Å². The highest BCUT2D eigenvalue weighted by Crippen LogP contribution is 2.34. The van der Waals surface area contributed by atoms with E-state index in [1.165, 1.54) is 12.8 Å². The molecule has 1 aliphatic heterocycles. The fraction of sp³-hybridized carbons (Fsp3) is 0.733. The lowest BCUT2D eigenvalue weighted by molar-refractivity contribution is -0.140. The molecule has 2 aliphatic rings. The van der Waals surface area contributed by atoms with E-state index in [9.17, 15) is 4.79 Å². The standard InChI is InChI=1S/C15H23N3O2/c1-9(2)15(19)18-8-11-10(3)16-17-14(11)20-13-7-5-4-6-12(13)18/h9,12-13H,4-8H2,1-3H3,(H,16,17)/t12-,13?/m1/s1. The molecule has 1 aromatic rings. The molecule has 110 valence electrons. The first-order valence-electron chi connectivity index (χ1n) is 7.59. The first-order valence-corrected chi connectivity index (χ1v) is 7.59. The number of hydrogen-bond donors (Lipinski definition) is 1. The normalized spacial score (nSPS) is 25.7. The Morgan fingerprint density at radius 1 is 1.40 bits per heavy atom. The number of nitrogens with zero attached hydrogens (tertiary/aromatic N) is 2. The summed E-state index contributed by atoms with van der Waals surface area (Å²) in [5.74, 6) is 0.934. The van der Waals surface area contributed by atoms with Gasteiger partial charge < -0.3 is 9.64 Å². The maximum Gasteiger partial charge on any atom is 0.238 e. The molecule has 2 heterocycles. The van der Waals surface area contributed by atoms with Gasteiger partial charge in [0, 0.05) is 11.6 Å². The van der Waals surface area contributed by atoms with E-state index in [1.807, 2.05) is 25.7 Å². The average Bonchev–Trinajstić information content (AvgIpc) is 2.69. The number of aromatic amines is 1. The number of H-pyrrole nitrogens is 1. The molecule has 5 heteroatoms. The van der Waals surface area contributed by atoms with Crippen LogP contribution in [0.3, 0.4) is 0 Å². The van der Waals surface area contributed by atoms with Crippen LogP contribution in [0.4, 0.5) is 0 Å². The van der Waals surface area contributed by atoms with Crippen LogP contribution in [0.15, 0.2) is 0 Å². The number of aryl methyl sites for hydroxylation is 1. The number of fused-ring (bicyclic) bond motifs is 2. The van der Waals surface area contributed by atoms with Gasteiger partial charge in [-0.1, -0.05) is 20.3 Å². The molecule has 1 aromatic heterocycles. The third-order valence-corrected chi connectivity index (χ3v) is 4.47. The Labute approximate surface area is 119 Å². The van der Waals surface area contributed by atoms with Crippen molar-refractivity contribution >= 4 is 5.91 Å². The van der Waals surface area contributed by atoms with E-state index in [4.69, 9.17) is 4.74 Å². The Kier molecular flexibility index (Phi) is 3.44. The Hall–Kier alpha value is -1.52. The SMILES string of the molecule is Cc1[nH]nc2c1CN(C(=O)C(C)C)[C@@H]1CCCCC1O2. The average molecular weight is 277 g/mol. The van der Waals surface area contributed by atoms with E-state index in [0.717, 1.165) is 24.1 Å². The number of nitrogens with one attached hydrogen (secondary N) is 1. The summed E-state index contributed by atoms with van der Waals surface area (Å²) in [6, 6.07) is 0.201. The fourth-order valence-electron chi connectivity index (χ4n) is 3.29. The highest BCUT2D eigenvalue weighted by atomic mass is 16.5. The van der Waals surface area contributed by atoms with E-state index in [-0.39, 0.29) is 24.0 Å². The first-order chi connectivity index (χ1) is 9.58. The lowest BCUT2D eigenvalue weighted by Crippen LogP contribution is -2.50. The summed E-state index contributed by atoms with van der Waals surface area (Å²) >= 11 is 0. The Morgan fingerprint density at radius 3 is 2.90 bits per heavy atom. The van der Waals surface area contributed by atoms with E-state index in [2.05, 4.69) is 10.2 Å². The number of carbonyl (C=O) groups is 1. The molecule has 5 nitrogen and oxygen atoms in total. The largest absolute Gasteiger partial charge is 0.471 e. The van der Waals surface area contributed by atoms with Gasteiger partial charge in [0.2, 0.25) is 11.8 Å². The van der Waals surface area contributed by atoms with Crippen molar-refractivity contribution in [3.63, 3.8) is 0 Å². The monoisotopic (exact) mass is 277 g/mol. The molecule has 0 bridgehead atoms. The van der Waals surface area contributed by atoms with Crippen LogP contribution in [0, 0.1) is 12.8 Å². The molecular formula is C15H23N3O2. The number of hydrogen-bond acceptors (Lipinski definition) is 3. The molecule has 0 spiro atoms. The van der Waals surface area contributed by atoms with Gasteiger partial charge in [0.1, 0.15) is 6.10 Å². The highest BCUT2D eigenvalue weighted by molar-refractivity contribution is 5.78. The number of ether oxygens (including phenoxy) is 1. The van der Waals surface area contributed by atoms with Crippen LogP contribution in [0.25, 0.3) is 0 Å². The molecule has 1 aliphatic carbocycles. The zero-order chi connectivity index (χ0) is 14.3.